The van der Waals surface area contributed by atoms with Gasteiger partial charge < -0.3 is 15.2 Å². The van der Waals surface area contributed by atoms with Gasteiger partial charge in [0.15, 0.2) is 0 Å². The van der Waals surface area contributed by atoms with E-state index in [4.69, 9.17) is 9.84 Å². The minimum absolute atomic E-state index is 0.00365. The molecule has 15 heavy (non-hydrogen) atoms. The summed E-state index contributed by atoms with van der Waals surface area (Å²) in [5.41, 5.74) is 1.88. The number of rotatable bonds is 5. The number of hydrogen-bond acceptors (Lipinski definition) is 3. The summed E-state index contributed by atoms with van der Waals surface area (Å²) in [4.78, 5) is 0. The lowest BCUT2D eigenvalue weighted by Gasteiger charge is -2.06. The molecule has 0 unspecified atom stereocenters. The number of benzene rings is 1. The maximum absolute atomic E-state index is 9.05. The van der Waals surface area contributed by atoms with Crippen LogP contribution in [0.25, 0.3) is 6.08 Å². The van der Waals surface area contributed by atoms with Crippen LogP contribution in [0.5, 0.6) is 5.75 Å². The van der Waals surface area contributed by atoms with Gasteiger partial charge in [-0.05, 0) is 18.7 Å². The summed E-state index contributed by atoms with van der Waals surface area (Å²) in [6.45, 7) is 0.841. The van der Waals surface area contributed by atoms with Gasteiger partial charge in [0.05, 0.1) is 13.7 Å². The van der Waals surface area contributed by atoms with Crippen molar-refractivity contribution in [3.05, 3.63) is 35.4 Å². The summed E-state index contributed by atoms with van der Waals surface area (Å²) in [5, 5.41) is 12.1. The summed E-state index contributed by atoms with van der Waals surface area (Å²) in [6, 6.07) is 5.75. The van der Waals surface area contributed by atoms with Crippen molar-refractivity contribution in [3.8, 4) is 5.75 Å². The van der Waals surface area contributed by atoms with Crippen LogP contribution in [-0.2, 0) is 6.61 Å². The Balaban J connectivity index is 2.83. The maximum Gasteiger partial charge on any atom is 0.124 e. The minimum atomic E-state index is 0.00365. The van der Waals surface area contributed by atoms with E-state index in [-0.39, 0.29) is 6.61 Å². The molecule has 0 amide bonds. The quantitative estimate of drug-likeness (QED) is 0.767. The first-order valence-electron chi connectivity index (χ1n) is 4.90. The molecule has 2 N–H and O–H groups in total. The molecule has 0 atom stereocenters. The highest BCUT2D eigenvalue weighted by Gasteiger charge is 2.01. The largest absolute Gasteiger partial charge is 0.496 e. The molecule has 0 heterocycles. The molecule has 0 bridgehead atoms. The normalized spacial score (nSPS) is 10.9. The van der Waals surface area contributed by atoms with E-state index in [9.17, 15) is 0 Å². The molecule has 3 heteroatoms. The van der Waals surface area contributed by atoms with Gasteiger partial charge in [-0.15, -0.1) is 0 Å². The molecule has 1 rings (SSSR count). The van der Waals surface area contributed by atoms with Gasteiger partial charge in [0.1, 0.15) is 5.75 Å². The lowest BCUT2D eigenvalue weighted by Crippen LogP contribution is -2.03. The highest BCUT2D eigenvalue weighted by molar-refractivity contribution is 5.53. The van der Waals surface area contributed by atoms with E-state index >= 15 is 0 Å². The maximum atomic E-state index is 9.05. The summed E-state index contributed by atoms with van der Waals surface area (Å²) in [5.74, 6) is 0.726. The van der Waals surface area contributed by atoms with Crippen molar-refractivity contribution in [2.75, 3.05) is 20.7 Å². The Hall–Kier alpha value is -1.32. The Morgan fingerprint density at radius 2 is 2.27 bits per heavy atom. The van der Waals surface area contributed by atoms with Crippen molar-refractivity contribution in [1.29, 1.82) is 0 Å². The summed E-state index contributed by atoms with van der Waals surface area (Å²) in [7, 11) is 3.51. The first-order valence-corrected chi connectivity index (χ1v) is 4.90. The van der Waals surface area contributed by atoms with E-state index in [1.807, 2.05) is 37.4 Å². The topological polar surface area (TPSA) is 41.5 Å². The van der Waals surface area contributed by atoms with Crippen LogP contribution in [0.15, 0.2) is 24.3 Å². The third-order valence-electron chi connectivity index (χ3n) is 2.11. The Labute approximate surface area is 90.4 Å². The second-order valence-corrected chi connectivity index (χ2v) is 3.19. The van der Waals surface area contributed by atoms with Gasteiger partial charge in [0.25, 0.3) is 0 Å². The van der Waals surface area contributed by atoms with Crippen molar-refractivity contribution in [3.63, 3.8) is 0 Å². The van der Waals surface area contributed by atoms with E-state index < -0.39 is 0 Å². The SMILES string of the molecule is CNCC=Cc1ccc(CO)c(OC)c1. The molecule has 0 spiro atoms. The van der Waals surface area contributed by atoms with Gasteiger partial charge in [0.2, 0.25) is 0 Å². The van der Waals surface area contributed by atoms with E-state index in [1.165, 1.54) is 0 Å². The molecule has 0 fully saturated rings. The molecular formula is C12H17NO2. The van der Waals surface area contributed by atoms with Crippen LogP contribution in [0.4, 0.5) is 0 Å². The van der Waals surface area contributed by atoms with Gasteiger partial charge in [-0.25, -0.2) is 0 Å². The van der Waals surface area contributed by atoms with E-state index in [0.29, 0.717) is 0 Å². The van der Waals surface area contributed by atoms with Crippen LogP contribution in [0.2, 0.25) is 0 Å². The van der Waals surface area contributed by atoms with Gasteiger partial charge >= 0.3 is 0 Å². The van der Waals surface area contributed by atoms with Gasteiger partial charge in [-0.1, -0.05) is 24.3 Å². The summed E-state index contributed by atoms with van der Waals surface area (Å²) >= 11 is 0. The molecule has 0 saturated carbocycles. The number of methoxy groups -OCH3 is 1. The van der Waals surface area contributed by atoms with Crippen LogP contribution in [0, 0.1) is 0 Å². The third-order valence-corrected chi connectivity index (χ3v) is 2.11. The fourth-order valence-corrected chi connectivity index (χ4v) is 1.31. The van der Waals surface area contributed by atoms with Gasteiger partial charge in [0, 0.05) is 12.1 Å². The number of ether oxygens (including phenoxy) is 1. The van der Waals surface area contributed by atoms with E-state index in [1.54, 1.807) is 7.11 Å². The first kappa shape index (κ1) is 11.8. The lowest BCUT2D eigenvalue weighted by atomic mass is 10.1. The Kier molecular flexibility index (Phi) is 4.87. The first-order chi connectivity index (χ1) is 7.31. The van der Waals surface area contributed by atoms with Crippen LogP contribution >= 0.6 is 0 Å². The predicted octanol–water partition coefficient (Wildman–Crippen LogP) is 1.42. The standard InChI is InChI=1S/C12H17NO2/c1-13-7-3-4-10-5-6-11(9-14)12(8-10)15-2/h3-6,8,13-14H,7,9H2,1-2H3. The second kappa shape index (κ2) is 6.22. The molecule has 3 nitrogen and oxygen atoms in total. The van der Waals surface area contributed by atoms with Crippen LogP contribution in [0.3, 0.4) is 0 Å². The fraction of sp³-hybridized carbons (Fsp3) is 0.333. The average Bonchev–Trinajstić information content (AvgIpc) is 2.29. The zero-order valence-corrected chi connectivity index (χ0v) is 9.16. The lowest BCUT2D eigenvalue weighted by molar-refractivity contribution is 0.274. The highest BCUT2D eigenvalue weighted by Crippen LogP contribution is 2.20. The van der Waals surface area contributed by atoms with Crippen LogP contribution in [0.1, 0.15) is 11.1 Å². The summed E-state index contributed by atoms with van der Waals surface area (Å²) in [6.07, 6.45) is 4.05. The van der Waals surface area contributed by atoms with Crippen molar-refractivity contribution >= 4 is 6.08 Å². The van der Waals surface area contributed by atoms with Gasteiger partial charge in [-0.3, -0.25) is 0 Å². The molecule has 1 aromatic rings. The molecule has 0 aliphatic heterocycles. The number of likely N-dealkylation sites (N-methyl/N-ethyl adjacent to an activating group) is 1. The van der Waals surface area contributed by atoms with Gasteiger partial charge in [-0.2, -0.15) is 0 Å². The van der Waals surface area contributed by atoms with E-state index in [2.05, 4.69) is 5.32 Å². The monoisotopic (exact) mass is 207 g/mol. The Bertz CT molecular complexity index is 334. The van der Waals surface area contributed by atoms with Crippen molar-refractivity contribution < 1.29 is 9.84 Å². The average molecular weight is 207 g/mol. The fourth-order valence-electron chi connectivity index (χ4n) is 1.31. The van der Waals surface area contributed by atoms with Crippen molar-refractivity contribution in [2.45, 2.75) is 6.61 Å². The number of aliphatic hydroxyl groups excluding tert-OH is 1. The number of nitrogens with one attached hydrogen (secondary N) is 1. The zero-order valence-electron chi connectivity index (χ0n) is 9.16. The minimum Gasteiger partial charge on any atom is -0.496 e. The number of hydrogen-bond donors (Lipinski definition) is 2. The highest BCUT2D eigenvalue weighted by atomic mass is 16.5. The Morgan fingerprint density at radius 3 is 2.87 bits per heavy atom. The molecule has 0 radical (unpaired) electrons. The summed E-state index contributed by atoms with van der Waals surface area (Å²) < 4.78 is 5.17. The zero-order chi connectivity index (χ0) is 11.1. The molecule has 0 aliphatic carbocycles. The van der Waals surface area contributed by atoms with Crippen LogP contribution in [-0.4, -0.2) is 25.8 Å². The third kappa shape index (κ3) is 3.38. The predicted molar refractivity (Wildman–Crippen MR) is 61.9 cm³/mol. The molecule has 0 aromatic heterocycles. The molecule has 82 valence electrons. The molecule has 1 aromatic carbocycles. The smallest absolute Gasteiger partial charge is 0.124 e. The molecule has 0 aliphatic rings. The Morgan fingerprint density at radius 1 is 1.47 bits per heavy atom. The second-order valence-electron chi connectivity index (χ2n) is 3.19. The molecular weight excluding hydrogens is 190 g/mol. The number of aliphatic hydroxyl groups is 1. The van der Waals surface area contributed by atoms with E-state index in [0.717, 1.165) is 23.4 Å². The van der Waals surface area contributed by atoms with Crippen LogP contribution < -0.4 is 10.1 Å². The molecule has 0 saturated heterocycles. The van der Waals surface area contributed by atoms with Crippen molar-refractivity contribution in [1.82, 2.24) is 5.32 Å². The van der Waals surface area contributed by atoms with Crippen molar-refractivity contribution in [2.24, 2.45) is 0 Å².